The molecule has 0 aliphatic heterocycles. The van der Waals surface area contributed by atoms with Gasteiger partial charge in [-0.15, -0.1) is 0 Å². The Balaban J connectivity index is 1.99. The third-order valence-electron chi connectivity index (χ3n) is 5.23. The van der Waals surface area contributed by atoms with Crippen LogP contribution >= 0.6 is 11.6 Å². The van der Waals surface area contributed by atoms with Gasteiger partial charge in [0, 0.05) is 23.2 Å². The first-order valence-corrected chi connectivity index (χ1v) is 9.43. The lowest BCUT2D eigenvalue weighted by atomic mass is 9.77. The number of hydrogen-bond donors (Lipinski definition) is 0. The molecule has 0 aromatic heterocycles. The van der Waals surface area contributed by atoms with E-state index < -0.39 is 0 Å². The Kier molecular flexibility index (Phi) is 5.44. The van der Waals surface area contributed by atoms with Gasteiger partial charge in [0.2, 0.25) is 0 Å². The van der Waals surface area contributed by atoms with E-state index in [1.54, 1.807) is 0 Å². The SMILES string of the molecule is CN=C(C=CC1=C(Cl)CCCC1)C(C)(C)c1cccc2ccccc12. The Morgan fingerprint density at radius 3 is 2.52 bits per heavy atom. The molecule has 0 bridgehead atoms. The van der Waals surface area contributed by atoms with Crippen LogP contribution in [0.5, 0.6) is 0 Å². The predicted octanol–water partition coefficient (Wildman–Crippen LogP) is 6.81. The number of rotatable bonds is 4. The molecule has 0 amide bonds. The minimum atomic E-state index is -0.173. The molecule has 130 valence electrons. The lowest BCUT2D eigenvalue weighted by Gasteiger charge is -2.27. The maximum Gasteiger partial charge on any atom is 0.0445 e. The van der Waals surface area contributed by atoms with Crippen molar-refractivity contribution >= 4 is 28.1 Å². The zero-order valence-corrected chi connectivity index (χ0v) is 16.1. The van der Waals surface area contributed by atoms with E-state index in [0.29, 0.717) is 0 Å². The molecule has 2 aromatic carbocycles. The molecule has 0 saturated carbocycles. The topological polar surface area (TPSA) is 12.4 Å². The maximum atomic E-state index is 6.41. The third-order valence-corrected chi connectivity index (χ3v) is 5.66. The van der Waals surface area contributed by atoms with Crippen LogP contribution in [0.1, 0.15) is 45.1 Å². The van der Waals surface area contributed by atoms with Crippen LogP contribution in [0.25, 0.3) is 10.8 Å². The molecule has 0 spiro atoms. The molecule has 0 atom stereocenters. The van der Waals surface area contributed by atoms with Gasteiger partial charge in [-0.1, -0.05) is 74.0 Å². The Hall–Kier alpha value is -1.86. The molecule has 1 aliphatic rings. The number of nitrogens with zero attached hydrogens (tertiary/aromatic N) is 1. The second-order valence-corrected chi connectivity index (χ2v) is 7.69. The lowest BCUT2D eigenvalue weighted by molar-refractivity contribution is 0.702. The number of hydrogen-bond acceptors (Lipinski definition) is 1. The first kappa shape index (κ1) is 17.9. The summed E-state index contributed by atoms with van der Waals surface area (Å²) in [4.78, 5) is 4.62. The average molecular weight is 352 g/mol. The standard InChI is InChI=1S/C23H26ClN/c1-23(2,20-13-8-11-17-9-4-6-12-19(17)20)22(25-3)16-15-18-10-5-7-14-21(18)24/h4,6,8-9,11-13,15-16H,5,7,10,14H2,1-3H3. The van der Waals surface area contributed by atoms with Crippen LogP contribution in [0.2, 0.25) is 0 Å². The van der Waals surface area contributed by atoms with Crippen LogP contribution in [-0.4, -0.2) is 12.8 Å². The summed E-state index contributed by atoms with van der Waals surface area (Å²) in [7, 11) is 1.88. The summed E-state index contributed by atoms with van der Waals surface area (Å²) in [6.45, 7) is 4.50. The van der Waals surface area contributed by atoms with Crippen molar-refractivity contribution in [2.24, 2.45) is 4.99 Å². The number of benzene rings is 2. The fraction of sp³-hybridized carbons (Fsp3) is 0.348. The predicted molar refractivity (Wildman–Crippen MR) is 111 cm³/mol. The number of allylic oxidation sites excluding steroid dienone is 4. The molecule has 25 heavy (non-hydrogen) atoms. The molecule has 0 heterocycles. The molecule has 0 saturated heterocycles. The summed E-state index contributed by atoms with van der Waals surface area (Å²) in [5.74, 6) is 0. The summed E-state index contributed by atoms with van der Waals surface area (Å²) >= 11 is 6.41. The molecule has 2 heteroatoms. The molecule has 1 nitrogen and oxygen atoms in total. The van der Waals surface area contributed by atoms with Crippen molar-refractivity contribution in [2.45, 2.75) is 44.9 Å². The van der Waals surface area contributed by atoms with Crippen molar-refractivity contribution in [3.8, 4) is 0 Å². The Bertz CT molecular complexity index is 850. The van der Waals surface area contributed by atoms with Gasteiger partial charge < -0.3 is 0 Å². The van der Waals surface area contributed by atoms with E-state index >= 15 is 0 Å². The Morgan fingerprint density at radius 2 is 1.76 bits per heavy atom. The normalized spacial score (nSPS) is 16.9. The van der Waals surface area contributed by atoms with Crippen molar-refractivity contribution in [1.82, 2.24) is 0 Å². The van der Waals surface area contributed by atoms with Gasteiger partial charge in [0.15, 0.2) is 0 Å². The second kappa shape index (κ2) is 7.58. The Morgan fingerprint density at radius 1 is 1.04 bits per heavy atom. The van der Waals surface area contributed by atoms with Crippen LogP contribution in [0.3, 0.4) is 0 Å². The van der Waals surface area contributed by atoms with Crippen molar-refractivity contribution in [2.75, 3.05) is 7.05 Å². The van der Waals surface area contributed by atoms with E-state index in [0.717, 1.165) is 23.6 Å². The van der Waals surface area contributed by atoms with Crippen LogP contribution in [0.15, 0.2) is 70.2 Å². The van der Waals surface area contributed by atoms with Crippen LogP contribution in [0, 0.1) is 0 Å². The summed E-state index contributed by atoms with van der Waals surface area (Å²) in [5.41, 5.74) is 3.47. The summed E-state index contributed by atoms with van der Waals surface area (Å²) in [6, 6.07) is 15.1. The molecular weight excluding hydrogens is 326 g/mol. The van der Waals surface area contributed by atoms with E-state index in [4.69, 9.17) is 11.6 Å². The monoisotopic (exact) mass is 351 g/mol. The van der Waals surface area contributed by atoms with Crippen molar-refractivity contribution in [3.05, 3.63) is 70.8 Å². The van der Waals surface area contributed by atoms with Gasteiger partial charge >= 0.3 is 0 Å². The van der Waals surface area contributed by atoms with E-state index in [-0.39, 0.29) is 5.41 Å². The molecule has 0 radical (unpaired) electrons. The smallest absolute Gasteiger partial charge is 0.0445 e. The largest absolute Gasteiger partial charge is 0.292 e. The van der Waals surface area contributed by atoms with Crippen LogP contribution in [-0.2, 0) is 5.41 Å². The van der Waals surface area contributed by atoms with Crippen molar-refractivity contribution < 1.29 is 0 Å². The molecule has 1 aliphatic carbocycles. The second-order valence-electron chi connectivity index (χ2n) is 7.23. The van der Waals surface area contributed by atoms with E-state index in [9.17, 15) is 0 Å². The van der Waals surface area contributed by atoms with E-state index in [2.05, 4.69) is 73.5 Å². The molecule has 0 N–H and O–H groups in total. The van der Waals surface area contributed by atoms with Gasteiger partial charge in [-0.25, -0.2) is 0 Å². The highest BCUT2D eigenvalue weighted by atomic mass is 35.5. The van der Waals surface area contributed by atoms with Crippen LogP contribution < -0.4 is 0 Å². The van der Waals surface area contributed by atoms with Gasteiger partial charge in [-0.3, -0.25) is 4.99 Å². The molecule has 2 aromatic rings. The number of halogens is 1. The minimum Gasteiger partial charge on any atom is -0.292 e. The van der Waals surface area contributed by atoms with Gasteiger partial charge in [0.25, 0.3) is 0 Å². The fourth-order valence-electron chi connectivity index (χ4n) is 3.72. The van der Waals surface area contributed by atoms with Gasteiger partial charge in [0.05, 0.1) is 0 Å². The zero-order valence-electron chi connectivity index (χ0n) is 15.3. The molecule has 0 fully saturated rings. The first-order valence-electron chi connectivity index (χ1n) is 9.05. The highest BCUT2D eigenvalue weighted by molar-refractivity contribution is 6.30. The quantitative estimate of drug-likeness (QED) is 0.536. The summed E-state index contributed by atoms with van der Waals surface area (Å²) < 4.78 is 0. The van der Waals surface area contributed by atoms with Crippen molar-refractivity contribution in [3.63, 3.8) is 0 Å². The summed E-state index contributed by atoms with van der Waals surface area (Å²) in [5, 5.41) is 3.57. The minimum absolute atomic E-state index is 0.173. The molecular formula is C23H26ClN. The zero-order chi connectivity index (χ0) is 17.9. The van der Waals surface area contributed by atoms with Crippen LogP contribution in [0.4, 0.5) is 0 Å². The molecule has 0 unspecified atom stereocenters. The average Bonchev–Trinajstić information content (AvgIpc) is 2.63. The highest BCUT2D eigenvalue weighted by Crippen LogP contribution is 2.33. The van der Waals surface area contributed by atoms with E-state index in [1.807, 2.05) is 7.05 Å². The number of aliphatic imine (C=N–C) groups is 1. The van der Waals surface area contributed by atoms with E-state index in [1.165, 1.54) is 34.8 Å². The maximum absolute atomic E-state index is 6.41. The molecule has 3 rings (SSSR count). The number of fused-ring (bicyclic) bond motifs is 1. The van der Waals surface area contributed by atoms with Gasteiger partial charge in [-0.05, 0) is 53.7 Å². The van der Waals surface area contributed by atoms with Crippen molar-refractivity contribution in [1.29, 1.82) is 0 Å². The summed E-state index contributed by atoms with van der Waals surface area (Å²) in [6.07, 6.45) is 8.84. The Labute approximate surface area is 156 Å². The first-order chi connectivity index (χ1) is 12.0. The van der Waals surface area contributed by atoms with Gasteiger partial charge in [0.1, 0.15) is 0 Å². The third kappa shape index (κ3) is 3.72. The highest BCUT2D eigenvalue weighted by Gasteiger charge is 2.27. The lowest BCUT2D eigenvalue weighted by Crippen LogP contribution is -2.28. The van der Waals surface area contributed by atoms with Gasteiger partial charge in [-0.2, -0.15) is 0 Å². The fourth-order valence-corrected chi connectivity index (χ4v) is 4.01.